The molecule has 0 radical (unpaired) electrons. The Labute approximate surface area is 367 Å². The van der Waals surface area contributed by atoms with E-state index in [1.54, 1.807) is 61.5 Å². The number of aromatic nitrogens is 2. The predicted octanol–water partition coefficient (Wildman–Crippen LogP) is 11.4. The van der Waals surface area contributed by atoms with Crippen LogP contribution >= 0.6 is 34.9 Å². The van der Waals surface area contributed by atoms with Gasteiger partial charge in [-0.25, -0.2) is 4.79 Å². The van der Waals surface area contributed by atoms with E-state index in [2.05, 4.69) is 22.4 Å². The Morgan fingerprint density at radius 2 is 1.57 bits per heavy atom. The van der Waals surface area contributed by atoms with E-state index in [1.807, 2.05) is 0 Å². The Hall–Kier alpha value is -5.39. The molecule has 1 atom stereocenters. The van der Waals surface area contributed by atoms with Crippen LogP contribution in [0.2, 0.25) is 0 Å². The number of thioether (sulfide) groups is 2. The van der Waals surface area contributed by atoms with Crippen LogP contribution in [0, 0.1) is 10.1 Å². The molecule has 0 aliphatic heterocycles. The number of esters is 1. The van der Waals surface area contributed by atoms with Gasteiger partial charge in [0, 0.05) is 29.1 Å². The number of carbonyl (C=O) groups is 3. The summed E-state index contributed by atoms with van der Waals surface area (Å²) >= 11 is 3.86. The molecule has 14 nitrogen and oxygen atoms in total. The summed E-state index contributed by atoms with van der Waals surface area (Å²) in [4.78, 5) is 52.6. The minimum atomic E-state index is -0.828. The van der Waals surface area contributed by atoms with Gasteiger partial charge < -0.3 is 24.6 Å². The lowest BCUT2D eigenvalue weighted by atomic mass is 10.0. The quantitative estimate of drug-likeness (QED) is 0.0208. The summed E-state index contributed by atoms with van der Waals surface area (Å²) in [5.41, 5.74) is 1.08. The van der Waals surface area contributed by atoms with Crippen LogP contribution in [0.4, 0.5) is 21.9 Å². The van der Waals surface area contributed by atoms with Crippen LogP contribution in [0.3, 0.4) is 0 Å². The lowest BCUT2D eigenvalue weighted by Crippen LogP contribution is -2.34. The molecule has 5 rings (SSSR count). The van der Waals surface area contributed by atoms with E-state index in [0.29, 0.717) is 54.3 Å². The SMILES string of the molecule is CCCCCCCCCCCCN(C(=O)Oc1ccc(CSc2nnc(SC(C)C(=O)OC)s2)cc1[N+](=O)[O-])c1cccc2c(O)c(C(=O)Nc3ccccc3OC)ccc12. The van der Waals surface area contributed by atoms with Crippen LogP contribution in [0.5, 0.6) is 17.2 Å². The maximum Gasteiger partial charge on any atom is 0.420 e. The first-order valence-corrected chi connectivity index (χ1v) is 22.9. The summed E-state index contributed by atoms with van der Waals surface area (Å²) in [6, 6.07) is 19.6. The zero-order chi connectivity index (χ0) is 43.7. The molecule has 2 N–H and O–H groups in total. The molecule has 1 aromatic heterocycles. The zero-order valence-corrected chi connectivity index (χ0v) is 37.2. The van der Waals surface area contributed by atoms with Gasteiger partial charge in [0.15, 0.2) is 8.68 Å². The van der Waals surface area contributed by atoms with Gasteiger partial charge >= 0.3 is 17.7 Å². The van der Waals surface area contributed by atoms with Crippen molar-refractivity contribution in [2.24, 2.45) is 0 Å². The first-order valence-electron chi connectivity index (χ1n) is 20.2. The van der Waals surface area contributed by atoms with E-state index in [1.165, 1.54) is 104 Å². The number of benzene rings is 4. The van der Waals surface area contributed by atoms with Crippen molar-refractivity contribution in [1.82, 2.24) is 10.2 Å². The molecular formula is C44H51N5O9S3. The highest BCUT2D eigenvalue weighted by Crippen LogP contribution is 2.38. The molecule has 1 heterocycles. The Bertz CT molecular complexity index is 2290. The first kappa shape index (κ1) is 46.7. The van der Waals surface area contributed by atoms with E-state index in [9.17, 15) is 29.6 Å². The van der Waals surface area contributed by atoms with E-state index in [-0.39, 0.29) is 35.3 Å². The maximum atomic E-state index is 14.2. The normalized spacial score (nSPS) is 11.5. The number of anilines is 2. The number of fused-ring (bicyclic) bond motifs is 1. The average molecular weight is 890 g/mol. The molecule has 1 unspecified atom stereocenters. The molecule has 0 aliphatic rings. The average Bonchev–Trinajstić information content (AvgIpc) is 3.71. The fourth-order valence-electron chi connectivity index (χ4n) is 6.59. The van der Waals surface area contributed by atoms with Gasteiger partial charge in [-0.15, -0.1) is 10.2 Å². The third-order valence-corrected chi connectivity index (χ3v) is 13.1. The number of hydrogen-bond donors (Lipinski definition) is 2. The van der Waals surface area contributed by atoms with Crippen LogP contribution in [-0.4, -0.2) is 64.2 Å². The summed E-state index contributed by atoms with van der Waals surface area (Å²) in [7, 11) is 2.82. The summed E-state index contributed by atoms with van der Waals surface area (Å²) in [6.07, 6.45) is 10.1. The van der Waals surface area contributed by atoms with Crippen LogP contribution in [-0.2, 0) is 15.3 Å². The van der Waals surface area contributed by atoms with Crippen molar-refractivity contribution >= 4 is 80.7 Å². The molecule has 61 heavy (non-hydrogen) atoms. The number of nitrogens with zero attached hydrogens (tertiary/aromatic N) is 4. The standard InChI is InChI=1S/C44H51N5O9S3/c1-5-6-7-8-9-10-11-12-13-16-26-48(35-20-17-18-32-31(35)23-24-33(39(32)50)40(51)45-34-19-14-15-21-37(34)56-3)44(53)58-38-25-22-30(27-36(38)49(54)55)28-59-42-46-47-43(61-42)60-29(2)41(52)57-4/h14-15,17-25,27,29,50H,5-13,16,26,28H2,1-4H3,(H,45,51). The number of ether oxygens (including phenoxy) is 3. The van der Waals surface area contributed by atoms with Crippen LogP contribution in [0.1, 0.15) is 94.0 Å². The molecule has 0 spiro atoms. The van der Waals surface area contributed by atoms with Crippen LogP contribution in [0.15, 0.2) is 81.5 Å². The Kier molecular flexibility index (Phi) is 18.0. The number of para-hydroxylation sites is 2. The number of amides is 2. The number of nitro groups is 1. The number of phenols is 1. The molecular weight excluding hydrogens is 839 g/mol. The Morgan fingerprint density at radius 3 is 2.28 bits per heavy atom. The molecule has 0 saturated heterocycles. The summed E-state index contributed by atoms with van der Waals surface area (Å²) in [6.45, 7) is 4.16. The molecule has 4 aromatic carbocycles. The summed E-state index contributed by atoms with van der Waals surface area (Å²) < 4.78 is 17.2. The zero-order valence-electron chi connectivity index (χ0n) is 34.7. The Morgan fingerprint density at radius 1 is 0.869 bits per heavy atom. The van der Waals surface area contributed by atoms with Crippen molar-refractivity contribution in [2.75, 3.05) is 31.0 Å². The minimum absolute atomic E-state index is 0.0202. The third kappa shape index (κ3) is 13.1. The highest BCUT2D eigenvalue weighted by molar-refractivity contribution is 8.03. The van der Waals surface area contributed by atoms with Crippen LogP contribution < -0.4 is 19.7 Å². The molecule has 0 aliphatic carbocycles. The van der Waals surface area contributed by atoms with Gasteiger partial charge in [-0.1, -0.05) is 136 Å². The number of rotatable bonds is 23. The number of unbranched alkanes of at least 4 members (excludes halogenated alkanes) is 9. The molecule has 0 bridgehead atoms. The number of carbonyl (C=O) groups excluding carboxylic acids is 3. The molecule has 2 amide bonds. The number of aromatic hydroxyl groups is 1. The highest BCUT2D eigenvalue weighted by atomic mass is 32.2. The maximum absolute atomic E-state index is 14.2. The second-order valence-corrected chi connectivity index (χ2v) is 17.9. The van der Waals surface area contributed by atoms with Crippen LogP contribution in [0.25, 0.3) is 10.8 Å². The second-order valence-electron chi connectivity index (χ2n) is 14.2. The predicted molar refractivity (Wildman–Crippen MR) is 242 cm³/mol. The van der Waals surface area contributed by atoms with Crippen molar-refractivity contribution in [1.29, 1.82) is 0 Å². The molecule has 5 aromatic rings. The van der Waals surface area contributed by atoms with E-state index in [0.717, 1.165) is 25.7 Å². The lowest BCUT2D eigenvalue weighted by Gasteiger charge is -2.24. The van der Waals surface area contributed by atoms with Gasteiger partial charge in [-0.2, -0.15) is 0 Å². The fourth-order valence-corrected chi connectivity index (χ4v) is 9.73. The summed E-state index contributed by atoms with van der Waals surface area (Å²) in [5.74, 6) is -0.642. The number of phenolic OH excluding ortho intramolecular Hbond substituents is 1. The van der Waals surface area contributed by atoms with Crippen molar-refractivity contribution in [3.05, 3.63) is 94.0 Å². The number of methoxy groups -OCH3 is 2. The fraction of sp³-hybridized carbons (Fsp3) is 0.386. The van der Waals surface area contributed by atoms with Crippen molar-refractivity contribution in [2.45, 2.75) is 97.7 Å². The van der Waals surface area contributed by atoms with Gasteiger partial charge in [-0.3, -0.25) is 24.6 Å². The Balaban J connectivity index is 1.35. The second kappa shape index (κ2) is 23.6. The van der Waals surface area contributed by atoms with Crippen molar-refractivity contribution in [3.8, 4) is 17.2 Å². The van der Waals surface area contributed by atoms with Gasteiger partial charge in [0.25, 0.3) is 5.91 Å². The first-order chi connectivity index (χ1) is 29.5. The number of nitro benzene ring substituents is 1. The van der Waals surface area contributed by atoms with Gasteiger partial charge in [-0.05, 0) is 49.2 Å². The smallest absolute Gasteiger partial charge is 0.420 e. The lowest BCUT2D eigenvalue weighted by molar-refractivity contribution is -0.385. The van der Waals surface area contributed by atoms with E-state index >= 15 is 0 Å². The van der Waals surface area contributed by atoms with Crippen molar-refractivity contribution in [3.63, 3.8) is 0 Å². The monoisotopic (exact) mass is 889 g/mol. The molecule has 0 fully saturated rings. The topological polar surface area (TPSA) is 183 Å². The molecule has 0 saturated carbocycles. The van der Waals surface area contributed by atoms with Gasteiger partial charge in [0.2, 0.25) is 5.75 Å². The highest BCUT2D eigenvalue weighted by Gasteiger charge is 2.26. The number of nitrogens with one attached hydrogen (secondary N) is 1. The number of hydrogen-bond acceptors (Lipinski definition) is 14. The van der Waals surface area contributed by atoms with Crippen molar-refractivity contribution < 1.29 is 38.6 Å². The van der Waals surface area contributed by atoms with Gasteiger partial charge in [0.1, 0.15) is 16.7 Å². The minimum Gasteiger partial charge on any atom is -0.506 e. The molecule has 324 valence electrons. The largest absolute Gasteiger partial charge is 0.506 e. The van der Waals surface area contributed by atoms with E-state index in [4.69, 9.17) is 14.2 Å². The van der Waals surface area contributed by atoms with Gasteiger partial charge in [0.05, 0.1) is 36.1 Å². The summed E-state index contributed by atoms with van der Waals surface area (Å²) in [5, 5.41) is 35.2. The molecule has 17 heteroatoms. The third-order valence-electron chi connectivity index (χ3n) is 9.83. The van der Waals surface area contributed by atoms with E-state index < -0.39 is 22.2 Å².